The molecular formula is C23H27N5O4. The summed E-state index contributed by atoms with van der Waals surface area (Å²) in [6.45, 7) is 4.65. The summed E-state index contributed by atoms with van der Waals surface area (Å²) in [5, 5.41) is 2.44. The molecule has 2 fully saturated rings. The fourth-order valence-electron chi connectivity index (χ4n) is 5.46. The Balaban J connectivity index is 1.74. The number of nitrogens with zero attached hydrogens (tertiary/aromatic N) is 4. The summed E-state index contributed by atoms with van der Waals surface area (Å²) in [5.74, 6) is -0.494. The average molecular weight is 438 g/mol. The van der Waals surface area contributed by atoms with E-state index in [0.29, 0.717) is 30.0 Å². The largest absolute Gasteiger partial charge is 0.352 e. The number of amides is 4. The molecule has 3 aliphatic heterocycles. The summed E-state index contributed by atoms with van der Waals surface area (Å²) in [6, 6.07) is 4.22. The Morgan fingerprint density at radius 1 is 1.16 bits per heavy atom. The van der Waals surface area contributed by atoms with E-state index in [1.54, 1.807) is 18.3 Å². The zero-order chi connectivity index (χ0) is 22.6. The van der Waals surface area contributed by atoms with Crippen LogP contribution in [0.15, 0.2) is 29.2 Å². The summed E-state index contributed by atoms with van der Waals surface area (Å²) in [5.41, 5.74) is -0.912. The van der Waals surface area contributed by atoms with Crippen molar-refractivity contribution >= 4 is 29.3 Å². The number of carbonyl (C=O) groups is 3. The van der Waals surface area contributed by atoms with E-state index in [-0.39, 0.29) is 24.4 Å². The highest BCUT2D eigenvalue weighted by Crippen LogP contribution is 2.45. The fourth-order valence-corrected chi connectivity index (χ4v) is 5.46. The minimum atomic E-state index is -1.52. The average Bonchev–Trinajstić information content (AvgIpc) is 3.02. The molecular weight excluding hydrogens is 410 g/mol. The van der Waals surface area contributed by atoms with Gasteiger partial charge < -0.3 is 4.90 Å². The standard InChI is InChI=1S/C23H27N5O4/c1-14(2)13-28-21(31)23(20(30)25-22(28)32)12-15-18(26-10-6-3-4-8-16(23)26)24-17-9-5-7-11-27(17)19(15)29/h5,7,9,11,14,16H,3-4,6,8,10,12-13H2,1-2H3,(H,25,30,32). The number of fused-ring (bicyclic) bond motifs is 5. The molecule has 5 rings (SSSR count). The van der Waals surface area contributed by atoms with Crippen molar-refractivity contribution in [1.82, 2.24) is 19.6 Å². The van der Waals surface area contributed by atoms with E-state index < -0.39 is 29.3 Å². The molecule has 2 unspecified atom stereocenters. The lowest BCUT2D eigenvalue weighted by Crippen LogP contribution is -2.72. The summed E-state index contributed by atoms with van der Waals surface area (Å²) >= 11 is 0. The molecule has 2 aromatic rings. The first-order valence-corrected chi connectivity index (χ1v) is 11.3. The van der Waals surface area contributed by atoms with Gasteiger partial charge in [-0.25, -0.2) is 9.78 Å². The highest BCUT2D eigenvalue weighted by atomic mass is 16.2. The van der Waals surface area contributed by atoms with Gasteiger partial charge in [0.1, 0.15) is 11.5 Å². The van der Waals surface area contributed by atoms with Gasteiger partial charge in [0.2, 0.25) is 11.8 Å². The van der Waals surface area contributed by atoms with Crippen LogP contribution in [-0.2, 0) is 16.0 Å². The van der Waals surface area contributed by atoms with E-state index in [9.17, 15) is 19.2 Å². The van der Waals surface area contributed by atoms with E-state index in [1.165, 1.54) is 4.40 Å². The van der Waals surface area contributed by atoms with Crippen molar-refractivity contribution in [1.29, 1.82) is 0 Å². The number of pyridine rings is 1. The lowest BCUT2D eigenvalue weighted by molar-refractivity contribution is -0.154. The minimum absolute atomic E-state index is 0.0484. The third-order valence-electron chi connectivity index (χ3n) is 6.90. The van der Waals surface area contributed by atoms with E-state index in [4.69, 9.17) is 4.98 Å². The molecule has 4 amide bonds. The Morgan fingerprint density at radius 3 is 2.75 bits per heavy atom. The zero-order valence-electron chi connectivity index (χ0n) is 18.3. The first-order chi connectivity index (χ1) is 15.3. The number of hydrogen-bond acceptors (Lipinski definition) is 6. The van der Waals surface area contributed by atoms with E-state index in [1.807, 2.05) is 24.8 Å². The first-order valence-electron chi connectivity index (χ1n) is 11.3. The van der Waals surface area contributed by atoms with Crippen LogP contribution in [0.1, 0.15) is 45.1 Å². The van der Waals surface area contributed by atoms with Gasteiger partial charge in [-0.1, -0.05) is 32.8 Å². The molecule has 9 heteroatoms. The third-order valence-corrected chi connectivity index (χ3v) is 6.90. The summed E-state index contributed by atoms with van der Waals surface area (Å²) < 4.78 is 1.45. The van der Waals surface area contributed by atoms with Crippen molar-refractivity contribution in [3.63, 3.8) is 0 Å². The van der Waals surface area contributed by atoms with E-state index >= 15 is 0 Å². The first kappa shape index (κ1) is 20.7. The topological polar surface area (TPSA) is 104 Å². The van der Waals surface area contributed by atoms with Crippen molar-refractivity contribution in [3.8, 4) is 0 Å². The normalized spacial score (nSPS) is 25.7. The maximum absolute atomic E-state index is 13.9. The lowest BCUT2D eigenvalue weighted by atomic mass is 9.68. The molecule has 0 radical (unpaired) electrons. The van der Waals surface area contributed by atoms with E-state index in [2.05, 4.69) is 5.32 Å². The Labute approximate surface area is 185 Å². The second-order valence-electron chi connectivity index (χ2n) is 9.42. The highest BCUT2D eigenvalue weighted by molar-refractivity contribution is 6.20. The Morgan fingerprint density at radius 2 is 1.97 bits per heavy atom. The number of urea groups is 1. The van der Waals surface area contributed by atoms with Crippen LogP contribution in [0.5, 0.6) is 0 Å². The molecule has 9 nitrogen and oxygen atoms in total. The van der Waals surface area contributed by atoms with Crippen LogP contribution in [0.3, 0.4) is 0 Å². The van der Waals surface area contributed by atoms with Gasteiger partial charge in [0.05, 0.1) is 11.6 Å². The van der Waals surface area contributed by atoms with Crippen LogP contribution in [0.25, 0.3) is 5.65 Å². The van der Waals surface area contributed by atoms with Crippen LogP contribution < -0.4 is 15.8 Å². The third kappa shape index (κ3) is 2.87. The monoisotopic (exact) mass is 437 g/mol. The van der Waals surface area contributed by atoms with Crippen LogP contribution in [-0.4, -0.2) is 51.3 Å². The van der Waals surface area contributed by atoms with Crippen molar-refractivity contribution in [2.75, 3.05) is 18.0 Å². The van der Waals surface area contributed by atoms with Gasteiger partial charge in [-0.05, 0) is 30.9 Å². The number of nitrogens with one attached hydrogen (secondary N) is 1. The number of barbiturate groups is 1. The molecule has 1 N–H and O–H groups in total. The minimum Gasteiger partial charge on any atom is -0.352 e. The number of anilines is 1. The summed E-state index contributed by atoms with van der Waals surface area (Å²) in [6.07, 6.45) is 4.92. The number of rotatable bonds is 2. The molecule has 2 atom stereocenters. The van der Waals surface area contributed by atoms with Crippen LogP contribution in [0, 0.1) is 11.3 Å². The van der Waals surface area contributed by atoms with Crippen LogP contribution in [0.4, 0.5) is 10.6 Å². The Hall–Kier alpha value is -3.23. The van der Waals surface area contributed by atoms with Crippen LogP contribution >= 0.6 is 0 Å². The predicted molar refractivity (Wildman–Crippen MR) is 117 cm³/mol. The second kappa shape index (κ2) is 7.43. The van der Waals surface area contributed by atoms with Crippen molar-refractivity contribution in [2.24, 2.45) is 11.3 Å². The number of aromatic nitrogens is 2. The molecule has 1 spiro atoms. The maximum Gasteiger partial charge on any atom is 0.330 e. The molecule has 2 saturated heterocycles. The van der Waals surface area contributed by atoms with Crippen molar-refractivity contribution in [3.05, 3.63) is 40.3 Å². The fraction of sp³-hybridized carbons (Fsp3) is 0.522. The van der Waals surface area contributed by atoms with Gasteiger partial charge in [0.15, 0.2) is 5.41 Å². The van der Waals surface area contributed by atoms with Crippen molar-refractivity contribution < 1.29 is 14.4 Å². The number of hydrogen-bond donors (Lipinski definition) is 1. The molecule has 0 aromatic carbocycles. The van der Waals surface area contributed by atoms with Gasteiger partial charge in [-0.2, -0.15) is 0 Å². The molecule has 3 aliphatic rings. The molecule has 2 aromatic heterocycles. The Kier molecular flexibility index (Phi) is 4.79. The van der Waals surface area contributed by atoms with Gasteiger partial charge in [-0.15, -0.1) is 0 Å². The molecule has 0 aliphatic carbocycles. The molecule has 0 saturated carbocycles. The van der Waals surface area contributed by atoms with Crippen molar-refractivity contribution in [2.45, 2.75) is 52.0 Å². The zero-order valence-corrected chi connectivity index (χ0v) is 18.3. The smallest absolute Gasteiger partial charge is 0.330 e. The highest BCUT2D eigenvalue weighted by Gasteiger charge is 2.62. The SMILES string of the molecule is CC(C)CN1C(=O)NC(=O)C2(Cc3c(nc4ccccn4c3=O)N3CCCCCC32)C1=O. The van der Waals surface area contributed by atoms with E-state index in [0.717, 1.165) is 24.2 Å². The quantitative estimate of drug-likeness (QED) is 0.718. The summed E-state index contributed by atoms with van der Waals surface area (Å²) in [4.78, 5) is 61.3. The second-order valence-corrected chi connectivity index (χ2v) is 9.42. The predicted octanol–water partition coefficient (Wildman–Crippen LogP) is 1.72. The Bertz CT molecular complexity index is 1190. The van der Waals surface area contributed by atoms with Gasteiger partial charge in [0, 0.05) is 25.7 Å². The lowest BCUT2D eigenvalue weighted by Gasteiger charge is -2.50. The molecule has 5 heterocycles. The molecule has 168 valence electrons. The molecule has 0 bridgehead atoms. The van der Waals surface area contributed by atoms with Gasteiger partial charge >= 0.3 is 6.03 Å². The number of imide groups is 2. The van der Waals surface area contributed by atoms with Gasteiger partial charge in [0.25, 0.3) is 5.56 Å². The molecule has 32 heavy (non-hydrogen) atoms. The summed E-state index contributed by atoms with van der Waals surface area (Å²) in [7, 11) is 0. The number of carbonyl (C=O) groups excluding carboxylic acids is 3. The van der Waals surface area contributed by atoms with Crippen LogP contribution in [0.2, 0.25) is 0 Å². The van der Waals surface area contributed by atoms with Gasteiger partial charge in [-0.3, -0.25) is 29.0 Å². The maximum atomic E-state index is 13.9.